The van der Waals surface area contributed by atoms with Crippen LogP contribution in [0.5, 0.6) is 0 Å². The normalized spacial score (nSPS) is 14.4. The van der Waals surface area contributed by atoms with Crippen LogP contribution >= 0.6 is 0 Å². The Labute approximate surface area is 103 Å². The molecule has 0 saturated carbocycles. The predicted molar refractivity (Wildman–Crippen MR) is 70.4 cm³/mol. The van der Waals surface area contributed by atoms with Crippen LogP contribution in [0.25, 0.3) is 0 Å². The average molecular weight is 234 g/mol. The molecule has 1 aromatic carbocycles. The zero-order valence-electron chi connectivity index (χ0n) is 10.8. The van der Waals surface area contributed by atoms with Gasteiger partial charge in [-0.2, -0.15) is 0 Å². The molecular weight excluding hydrogens is 212 g/mol. The fraction of sp³-hybridized carbons (Fsp3) is 0.500. The van der Waals surface area contributed by atoms with E-state index in [1.165, 1.54) is 0 Å². The number of rotatable bonds is 5. The molecule has 0 aliphatic rings. The van der Waals surface area contributed by atoms with Crippen molar-refractivity contribution in [2.45, 2.75) is 39.3 Å². The minimum atomic E-state index is -0.580. The SMILES string of the molecule is CCC(NC(=O)C(N)c1ccccc1)C(C)C. The van der Waals surface area contributed by atoms with E-state index in [2.05, 4.69) is 26.1 Å². The second-order valence-electron chi connectivity index (χ2n) is 4.66. The summed E-state index contributed by atoms with van der Waals surface area (Å²) in [5, 5.41) is 3.00. The van der Waals surface area contributed by atoms with Gasteiger partial charge in [-0.05, 0) is 17.9 Å². The monoisotopic (exact) mass is 234 g/mol. The van der Waals surface area contributed by atoms with Crippen LogP contribution in [0.15, 0.2) is 30.3 Å². The molecule has 0 aromatic heterocycles. The first-order valence-corrected chi connectivity index (χ1v) is 6.17. The number of amides is 1. The molecule has 1 amide bonds. The van der Waals surface area contributed by atoms with Gasteiger partial charge in [0.15, 0.2) is 0 Å². The summed E-state index contributed by atoms with van der Waals surface area (Å²) in [6, 6.07) is 9.06. The average Bonchev–Trinajstić information content (AvgIpc) is 2.35. The molecule has 94 valence electrons. The largest absolute Gasteiger partial charge is 0.351 e. The third kappa shape index (κ3) is 3.86. The molecule has 0 fully saturated rings. The van der Waals surface area contributed by atoms with Crippen LogP contribution in [0.3, 0.4) is 0 Å². The highest BCUT2D eigenvalue weighted by molar-refractivity contribution is 5.83. The van der Waals surface area contributed by atoms with Crippen molar-refractivity contribution in [3.8, 4) is 0 Å². The van der Waals surface area contributed by atoms with E-state index in [-0.39, 0.29) is 11.9 Å². The number of hydrogen-bond donors (Lipinski definition) is 2. The fourth-order valence-corrected chi connectivity index (χ4v) is 1.82. The maximum Gasteiger partial charge on any atom is 0.241 e. The highest BCUT2D eigenvalue weighted by Gasteiger charge is 2.20. The van der Waals surface area contributed by atoms with E-state index in [4.69, 9.17) is 5.73 Å². The van der Waals surface area contributed by atoms with Gasteiger partial charge in [-0.25, -0.2) is 0 Å². The van der Waals surface area contributed by atoms with Gasteiger partial charge in [0.05, 0.1) is 0 Å². The molecule has 3 nitrogen and oxygen atoms in total. The molecule has 0 radical (unpaired) electrons. The molecule has 0 aliphatic carbocycles. The predicted octanol–water partition coefficient (Wildman–Crippen LogP) is 2.24. The maximum atomic E-state index is 12.0. The summed E-state index contributed by atoms with van der Waals surface area (Å²) < 4.78 is 0. The molecule has 2 unspecified atom stereocenters. The first-order valence-electron chi connectivity index (χ1n) is 6.17. The third-order valence-electron chi connectivity index (χ3n) is 3.01. The minimum Gasteiger partial charge on any atom is -0.351 e. The number of carbonyl (C=O) groups excluding carboxylic acids is 1. The number of carbonyl (C=O) groups is 1. The molecule has 3 heteroatoms. The van der Waals surface area contributed by atoms with Crippen LogP contribution in [0.2, 0.25) is 0 Å². The van der Waals surface area contributed by atoms with Gasteiger partial charge >= 0.3 is 0 Å². The zero-order chi connectivity index (χ0) is 12.8. The number of hydrogen-bond acceptors (Lipinski definition) is 2. The summed E-state index contributed by atoms with van der Waals surface area (Å²) in [7, 11) is 0. The smallest absolute Gasteiger partial charge is 0.241 e. The maximum absolute atomic E-state index is 12.0. The summed E-state index contributed by atoms with van der Waals surface area (Å²) in [5.41, 5.74) is 6.78. The molecule has 3 N–H and O–H groups in total. The van der Waals surface area contributed by atoms with Gasteiger partial charge in [0.25, 0.3) is 0 Å². The molecule has 0 saturated heterocycles. The van der Waals surface area contributed by atoms with Crippen LogP contribution in [-0.4, -0.2) is 11.9 Å². The van der Waals surface area contributed by atoms with Gasteiger partial charge < -0.3 is 11.1 Å². The summed E-state index contributed by atoms with van der Waals surface area (Å²) in [6.07, 6.45) is 0.922. The van der Waals surface area contributed by atoms with Crippen LogP contribution < -0.4 is 11.1 Å². The van der Waals surface area contributed by atoms with Gasteiger partial charge in [0.1, 0.15) is 6.04 Å². The molecule has 0 spiro atoms. The van der Waals surface area contributed by atoms with Crippen molar-refractivity contribution in [1.82, 2.24) is 5.32 Å². The lowest BCUT2D eigenvalue weighted by Crippen LogP contribution is -2.42. The standard InChI is InChI=1S/C14H22N2O/c1-4-12(10(2)3)16-14(17)13(15)11-8-6-5-7-9-11/h5-10,12-13H,4,15H2,1-3H3,(H,16,17). The Morgan fingerprint density at radius 2 is 1.88 bits per heavy atom. The van der Waals surface area contributed by atoms with E-state index in [1.807, 2.05) is 30.3 Å². The van der Waals surface area contributed by atoms with E-state index in [0.29, 0.717) is 5.92 Å². The second-order valence-corrected chi connectivity index (χ2v) is 4.66. The molecule has 2 atom stereocenters. The van der Waals surface area contributed by atoms with Gasteiger partial charge in [0, 0.05) is 6.04 Å². The lowest BCUT2D eigenvalue weighted by molar-refractivity contribution is -0.123. The van der Waals surface area contributed by atoms with Gasteiger partial charge in [0.2, 0.25) is 5.91 Å². The van der Waals surface area contributed by atoms with Gasteiger partial charge in [-0.15, -0.1) is 0 Å². The minimum absolute atomic E-state index is 0.100. The third-order valence-corrected chi connectivity index (χ3v) is 3.01. The number of benzene rings is 1. The van der Waals surface area contributed by atoms with Crippen molar-refractivity contribution in [2.24, 2.45) is 11.7 Å². The Kier molecular flexibility index (Phi) is 5.16. The lowest BCUT2D eigenvalue weighted by Gasteiger charge is -2.23. The molecule has 1 rings (SSSR count). The van der Waals surface area contributed by atoms with Crippen molar-refractivity contribution in [1.29, 1.82) is 0 Å². The Balaban J connectivity index is 2.64. The first kappa shape index (κ1) is 13.7. The van der Waals surface area contributed by atoms with Crippen molar-refractivity contribution < 1.29 is 4.79 Å². The number of nitrogens with two attached hydrogens (primary N) is 1. The second kappa shape index (κ2) is 6.40. The quantitative estimate of drug-likeness (QED) is 0.821. The van der Waals surface area contributed by atoms with Crippen molar-refractivity contribution in [3.63, 3.8) is 0 Å². The Bertz CT molecular complexity index is 348. The van der Waals surface area contributed by atoms with E-state index in [9.17, 15) is 4.79 Å². The number of nitrogens with one attached hydrogen (secondary N) is 1. The lowest BCUT2D eigenvalue weighted by atomic mass is 10.0. The molecule has 0 aliphatic heterocycles. The van der Waals surface area contributed by atoms with E-state index < -0.39 is 6.04 Å². The summed E-state index contributed by atoms with van der Waals surface area (Å²) in [6.45, 7) is 6.27. The van der Waals surface area contributed by atoms with E-state index in [1.54, 1.807) is 0 Å². The summed E-state index contributed by atoms with van der Waals surface area (Å²) >= 11 is 0. The van der Waals surface area contributed by atoms with Crippen molar-refractivity contribution in [3.05, 3.63) is 35.9 Å². The van der Waals surface area contributed by atoms with Gasteiger partial charge in [-0.1, -0.05) is 51.1 Å². The summed E-state index contributed by atoms with van der Waals surface area (Å²) in [5.74, 6) is 0.323. The molecule has 0 bridgehead atoms. The van der Waals surface area contributed by atoms with Crippen molar-refractivity contribution in [2.75, 3.05) is 0 Å². The Hall–Kier alpha value is -1.35. The van der Waals surface area contributed by atoms with Crippen LogP contribution in [0, 0.1) is 5.92 Å². The Morgan fingerprint density at radius 1 is 1.29 bits per heavy atom. The summed E-state index contributed by atoms with van der Waals surface area (Å²) in [4.78, 5) is 12.0. The van der Waals surface area contributed by atoms with E-state index in [0.717, 1.165) is 12.0 Å². The topological polar surface area (TPSA) is 55.1 Å². The van der Waals surface area contributed by atoms with Gasteiger partial charge in [-0.3, -0.25) is 4.79 Å². The highest BCUT2D eigenvalue weighted by Crippen LogP contribution is 2.12. The fourth-order valence-electron chi connectivity index (χ4n) is 1.82. The van der Waals surface area contributed by atoms with E-state index >= 15 is 0 Å². The Morgan fingerprint density at radius 3 is 2.35 bits per heavy atom. The molecule has 0 heterocycles. The highest BCUT2D eigenvalue weighted by atomic mass is 16.2. The van der Waals surface area contributed by atoms with Crippen LogP contribution in [0.1, 0.15) is 38.8 Å². The van der Waals surface area contributed by atoms with Crippen LogP contribution in [0.4, 0.5) is 0 Å². The zero-order valence-corrected chi connectivity index (χ0v) is 10.8. The van der Waals surface area contributed by atoms with Crippen LogP contribution in [-0.2, 0) is 4.79 Å². The first-order chi connectivity index (χ1) is 8.06. The van der Waals surface area contributed by atoms with Crippen molar-refractivity contribution >= 4 is 5.91 Å². The molecule has 1 aromatic rings. The molecule has 17 heavy (non-hydrogen) atoms. The molecular formula is C14H22N2O.